The molecule has 0 spiro atoms. The fraction of sp³-hybridized carbons (Fsp3) is 0.0390. The Labute approximate surface area is 483 Å². The van der Waals surface area contributed by atoms with Gasteiger partial charge in [0.2, 0.25) is 0 Å². The fourth-order valence-electron chi connectivity index (χ4n) is 13.9. The van der Waals surface area contributed by atoms with Crippen LogP contribution in [0.2, 0.25) is 0 Å². The molecule has 0 fully saturated rings. The van der Waals surface area contributed by atoms with Crippen molar-refractivity contribution in [1.82, 2.24) is 0 Å². The van der Waals surface area contributed by atoms with Crippen molar-refractivity contribution < 1.29 is 26.5 Å². The summed E-state index contributed by atoms with van der Waals surface area (Å²) in [6.45, 7) is 4.49. The number of rotatable bonds is 7. The van der Waals surface area contributed by atoms with Crippen molar-refractivity contribution >= 4 is 187 Å². The SMILES string of the molecule is CC(C)c1c2oc3cc4cc(N(c5cccc6c5oc5ccccc56)c5cccc6c5oc5ccccc56)ccc4cc3c2cc2oc3cc4cc(N(c5cccc6c5oc5ccccc56)c5cccc6c5oc5ccccc56)ccc4cc3c12. The zero-order valence-electron chi connectivity index (χ0n) is 45.9. The summed E-state index contributed by atoms with van der Waals surface area (Å²) in [7, 11) is 0. The van der Waals surface area contributed by atoms with Gasteiger partial charge < -0.3 is 36.3 Å². The topological polar surface area (TPSA) is 85.3 Å². The van der Waals surface area contributed by atoms with Gasteiger partial charge >= 0.3 is 0 Å². The van der Waals surface area contributed by atoms with Crippen molar-refractivity contribution in [2.45, 2.75) is 19.8 Å². The number of nitrogens with zero attached hydrogens (tertiary/aromatic N) is 2. The van der Waals surface area contributed by atoms with Crippen LogP contribution in [0, 0.1) is 0 Å². The summed E-state index contributed by atoms with van der Waals surface area (Å²) < 4.78 is 41.1. The molecule has 0 aliphatic carbocycles. The van der Waals surface area contributed by atoms with Crippen molar-refractivity contribution in [3.8, 4) is 0 Å². The van der Waals surface area contributed by atoms with E-state index in [-0.39, 0.29) is 5.92 Å². The number of benzene rings is 13. The molecule has 8 nitrogen and oxygen atoms in total. The highest BCUT2D eigenvalue weighted by Gasteiger charge is 2.28. The lowest BCUT2D eigenvalue weighted by Crippen LogP contribution is -2.10. The standard InChI is InChI=1S/C77H46N2O6/c1-42(2)71-72-59-38-44-32-34-48(79(62-25-13-21-55-51-17-5-9-29-66(51)83-75(55)62)63-26-14-22-56-52-18-6-10-30-67(52)84-76(56)63)36-46(44)40-69(59)80-70(72)41-58-57-37-43-31-33-47(35-45(43)39-68(57)85-77(58)71)78(60-23-11-19-53-49-15-3-7-27-64(49)81-73(53)60)61-24-12-20-54-50-16-4-8-28-65(50)82-74(54)61/h3-42H,1-2H3. The zero-order valence-corrected chi connectivity index (χ0v) is 45.9. The van der Waals surface area contributed by atoms with Gasteiger partial charge in [-0.25, -0.2) is 0 Å². The van der Waals surface area contributed by atoms with Gasteiger partial charge in [-0.15, -0.1) is 0 Å². The predicted octanol–water partition coefficient (Wildman–Crippen LogP) is 23.5. The zero-order chi connectivity index (χ0) is 55.8. The van der Waals surface area contributed by atoms with Crippen LogP contribution >= 0.6 is 0 Å². The largest absolute Gasteiger partial charge is 0.456 e. The maximum Gasteiger partial charge on any atom is 0.159 e. The molecule has 0 saturated carbocycles. The average Bonchev–Trinajstić information content (AvgIpc) is 2.02. The summed E-state index contributed by atoms with van der Waals surface area (Å²) in [5.41, 5.74) is 16.5. The normalized spacial score (nSPS) is 12.5. The molecule has 0 aliphatic heterocycles. The first-order valence-electron chi connectivity index (χ1n) is 28.9. The molecule has 0 atom stereocenters. The summed E-state index contributed by atoms with van der Waals surface area (Å²) in [6, 6.07) is 82.9. The number of furan rings is 6. The minimum atomic E-state index is 0.109. The molecule has 19 rings (SSSR count). The van der Waals surface area contributed by atoms with E-state index in [0.717, 1.165) is 193 Å². The lowest BCUT2D eigenvalue weighted by molar-refractivity contribution is 0.655. The highest BCUT2D eigenvalue weighted by atomic mass is 16.4. The number of hydrogen-bond donors (Lipinski definition) is 0. The van der Waals surface area contributed by atoms with Gasteiger partial charge in [-0.05, 0) is 131 Å². The van der Waals surface area contributed by atoms with Crippen LogP contribution in [-0.4, -0.2) is 0 Å². The third kappa shape index (κ3) is 6.61. The van der Waals surface area contributed by atoms with E-state index in [0.29, 0.717) is 0 Å². The van der Waals surface area contributed by atoms with Crippen LogP contribution in [-0.2, 0) is 0 Å². The van der Waals surface area contributed by atoms with Crippen LogP contribution in [0.4, 0.5) is 34.1 Å². The summed E-state index contributed by atoms with van der Waals surface area (Å²) in [5.74, 6) is 0.109. The van der Waals surface area contributed by atoms with Crippen LogP contribution in [0.15, 0.2) is 263 Å². The number of para-hydroxylation sites is 8. The Bertz CT molecular complexity index is 5580. The van der Waals surface area contributed by atoms with Crippen molar-refractivity contribution in [3.05, 3.63) is 242 Å². The van der Waals surface area contributed by atoms with E-state index in [1.54, 1.807) is 0 Å². The van der Waals surface area contributed by atoms with Crippen LogP contribution in [0.25, 0.3) is 153 Å². The van der Waals surface area contributed by atoms with Gasteiger partial charge in [0.05, 0.1) is 22.7 Å². The minimum Gasteiger partial charge on any atom is -0.456 e. The Morgan fingerprint density at radius 3 is 1.02 bits per heavy atom. The van der Waals surface area contributed by atoms with E-state index in [1.165, 1.54) is 0 Å². The summed E-state index contributed by atoms with van der Waals surface area (Å²) >= 11 is 0. The smallest absolute Gasteiger partial charge is 0.159 e. The summed E-state index contributed by atoms with van der Waals surface area (Å²) in [6.07, 6.45) is 0. The van der Waals surface area contributed by atoms with Gasteiger partial charge in [-0.2, -0.15) is 0 Å². The molecule has 0 aliphatic rings. The Balaban J connectivity index is 0.770. The first-order chi connectivity index (χ1) is 41.9. The predicted molar refractivity (Wildman–Crippen MR) is 349 cm³/mol. The van der Waals surface area contributed by atoms with Crippen LogP contribution in [0.1, 0.15) is 25.3 Å². The Hall–Kier alpha value is -11.2. The maximum atomic E-state index is 7.14. The quantitative estimate of drug-likeness (QED) is 0.156. The lowest BCUT2D eigenvalue weighted by Gasteiger charge is -2.26. The minimum absolute atomic E-state index is 0.109. The van der Waals surface area contributed by atoms with E-state index < -0.39 is 0 Å². The van der Waals surface area contributed by atoms with E-state index in [1.807, 2.05) is 48.5 Å². The molecule has 19 aromatic rings. The number of hydrogen-bond acceptors (Lipinski definition) is 8. The molecular formula is C77H46N2O6. The molecular weight excluding hydrogens is 1050 g/mol. The lowest BCUT2D eigenvalue weighted by atomic mass is 9.93. The Morgan fingerprint density at radius 1 is 0.247 bits per heavy atom. The molecule has 8 heteroatoms. The monoisotopic (exact) mass is 1090 g/mol. The van der Waals surface area contributed by atoms with Crippen LogP contribution < -0.4 is 9.80 Å². The Morgan fingerprint density at radius 2 is 0.612 bits per heavy atom. The summed E-state index contributed by atoms with van der Waals surface area (Å²) in [5, 5.41) is 16.9. The van der Waals surface area contributed by atoms with Crippen LogP contribution in [0.3, 0.4) is 0 Å². The van der Waals surface area contributed by atoms with E-state index >= 15 is 0 Å². The van der Waals surface area contributed by atoms with E-state index in [4.69, 9.17) is 26.5 Å². The molecule has 6 heterocycles. The number of fused-ring (bicyclic) bond motifs is 20. The first-order valence-corrected chi connectivity index (χ1v) is 28.9. The molecule has 0 radical (unpaired) electrons. The molecule has 0 unspecified atom stereocenters. The van der Waals surface area contributed by atoms with Crippen molar-refractivity contribution in [3.63, 3.8) is 0 Å². The van der Waals surface area contributed by atoms with E-state index in [9.17, 15) is 0 Å². The van der Waals surface area contributed by atoms with Gasteiger partial charge in [-0.3, -0.25) is 0 Å². The van der Waals surface area contributed by atoms with Gasteiger partial charge in [0.1, 0.15) is 44.7 Å². The second-order valence-electron chi connectivity index (χ2n) is 22.8. The van der Waals surface area contributed by atoms with Gasteiger partial charge in [-0.1, -0.05) is 147 Å². The molecule has 6 aromatic heterocycles. The van der Waals surface area contributed by atoms with Crippen molar-refractivity contribution in [2.75, 3.05) is 9.80 Å². The highest BCUT2D eigenvalue weighted by Crippen LogP contribution is 2.51. The van der Waals surface area contributed by atoms with Gasteiger partial charge in [0.25, 0.3) is 0 Å². The van der Waals surface area contributed by atoms with Gasteiger partial charge in [0, 0.05) is 81.6 Å². The maximum absolute atomic E-state index is 7.14. The van der Waals surface area contributed by atoms with Crippen molar-refractivity contribution in [2.24, 2.45) is 0 Å². The molecule has 0 saturated heterocycles. The van der Waals surface area contributed by atoms with Crippen molar-refractivity contribution in [1.29, 1.82) is 0 Å². The molecule has 0 amide bonds. The van der Waals surface area contributed by atoms with E-state index in [2.05, 4.69) is 212 Å². The molecule has 85 heavy (non-hydrogen) atoms. The fourth-order valence-corrected chi connectivity index (χ4v) is 13.9. The Kier molecular flexibility index (Phi) is 9.37. The number of anilines is 6. The molecule has 0 N–H and O–H groups in total. The highest BCUT2D eigenvalue weighted by molar-refractivity contribution is 6.22. The molecule has 0 bridgehead atoms. The second kappa shape index (κ2) is 17.2. The summed E-state index contributed by atoms with van der Waals surface area (Å²) in [4.78, 5) is 4.56. The second-order valence-corrected chi connectivity index (χ2v) is 22.8. The van der Waals surface area contributed by atoms with Crippen LogP contribution in [0.5, 0.6) is 0 Å². The van der Waals surface area contributed by atoms with Gasteiger partial charge in [0.15, 0.2) is 22.3 Å². The average molecular weight is 1100 g/mol. The third-order valence-corrected chi connectivity index (χ3v) is 17.7. The first kappa shape index (κ1) is 46.4. The molecule has 13 aromatic carbocycles. The molecule has 400 valence electrons. The third-order valence-electron chi connectivity index (χ3n) is 17.7.